The zero-order chi connectivity index (χ0) is 24.1. The largest absolute Gasteiger partial charge is 0.504 e. The lowest BCUT2D eigenvalue weighted by Crippen LogP contribution is -2.21. The average Bonchev–Trinajstić information content (AvgIpc) is 3.18. The molecule has 1 atom stereocenters. The lowest BCUT2D eigenvalue weighted by Gasteiger charge is -2.27. The highest BCUT2D eigenvalue weighted by Gasteiger charge is 2.39. The Bertz CT molecular complexity index is 1570. The minimum atomic E-state index is -0.369. The molecule has 35 heavy (non-hydrogen) atoms. The fourth-order valence-corrected chi connectivity index (χ4v) is 4.74. The van der Waals surface area contributed by atoms with Gasteiger partial charge in [-0.05, 0) is 53.6 Å². The molecule has 0 spiro atoms. The number of carbonyl (C=O) groups is 2. The van der Waals surface area contributed by atoms with Crippen LogP contribution in [0, 0.1) is 0 Å². The van der Waals surface area contributed by atoms with Crippen molar-refractivity contribution in [3.8, 4) is 23.0 Å². The summed E-state index contributed by atoms with van der Waals surface area (Å²) in [6.45, 7) is 0. The van der Waals surface area contributed by atoms with Gasteiger partial charge < -0.3 is 19.3 Å². The quantitative estimate of drug-likeness (QED) is 0.258. The number of fused-ring (bicyclic) bond motifs is 4. The van der Waals surface area contributed by atoms with Crippen molar-refractivity contribution in [2.45, 2.75) is 12.3 Å². The summed E-state index contributed by atoms with van der Waals surface area (Å²) >= 11 is 0. The number of hydrogen-bond acceptors (Lipinski definition) is 7. The average molecular weight is 465 g/mol. The number of para-hydroxylation sites is 1. The van der Waals surface area contributed by atoms with Crippen LogP contribution in [0.15, 0.2) is 72.6 Å². The van der Waals surface area contributed by atoms with Gasteiger partial charge in [0.2, 0.25) is 5.78 Å². The van der Waals surface area contributed by atoms with E-state index in [4.69, 9.17) is 14.2 Å². The predicted octanol–water partition coefficient (Wildman–Crippen LogP) is 5.01. The first-order valence-corrected chi connectivity index (χ1v) is 11.1. The summed E-state index contributed by atoms with van der Waals surface area (Å²) in [4.78, 5) is 30.2. The molecule has 1 aromatic heterocycles. The van der Waals surface area contributed by atoms with Crippen LogP contribution in [0.1, 0.15) is 39.4 Å². The van der Waals surface area contributed by atoms with E-state index in [1.165, 1.54) is 13.2 Å². The Morgan fingerprint density at radius 3 is 2.74 bits per heavy atom. The second kappa shape index (κ2) is 7.99. The van der Waals surface area contributed by atoms with Gasteiger partial charge in [-0.2, -0.15) is 0 Å². The molecule has 0 radical (unpaired) electrons. The van der Waals surface area contributed by atoms with Gasteiger partial charge in [0.25, 0.3) is 0 Å². The van der Waals surface area contributed by atoms with E-state index >= 15 is 0 Å². The number of nitrogens with zero attached hydrogens (tertiary/aromatic N) is 1. The Hall–Kier alpha value is -4.65. The summed E-state index contributed by atoms with van der Waals surface area (Å²) in [5, 5.41) is 11.0. The van der Waals surface area contributed by atoms with E-state index in [9.17, 15) is 14.7 Å². The Morgan fingerprint density at radius 1 is 1.06 bits per heavy atom. The lowest BCUT2D eigenvalue weighted by molar-refractivity contribution is -0.135. The number of allylic oxidation sites excluding steroid dienone is 1. The normalized spacial score (nSPS) is 17.6. The van der Waals surface area contributed by atoms with Crippen LogP contribution >= 0.6 is 0 Å². The van der Waals surface area contributed by atoms with Gasteiger partial charge >= 0.3 is 5.97 Å². The second-order valence-electron chi connectivity index (χ2n) is 8.37. The van der Waals surface area contributed by atoms with Crippen LogP contribution in [-0.4, -0.2) is 29.0 Å². The van der Waals surface area contributed by atoms with Crippen molar-refractivity contribution in [2.24, 2.45) is 0 Å². The monoisotopic (exact) mass is 465 g/mol. The van der Waals surface area contributed by atoms with Crippen molar-refractivity contribution < 1.29 is 28.9 Å². The first kappa shape index (κ1) is 20.9. The molecule has 0 fully saturated rings. The van der Waals surface area contributed by atoms with Crippen LogP contribution in [0.4, 0.5) is 0 Å². The van der Waals surface area contributed by atoms with Crippen molar-refractivity contribution in [2.75, 3.05) is 7.11 Å². The van der Waals surface area contributed by atoms with E-state index in [1.807, 2.05) is 30.3 Å². The van der Waals surface area contributed by atoms with Gasteiger partial charge in [0.1, 0.15) is 11.5 Å². The third-order valence-corrected chi connectivity index (χ3v) is 6.34. The number of esters is 1. The summed E-state index contributed by atoms with van der Waals surface area (Å²) < 4.78 is 16.7. The second-order valence-corrected chi connectivity index (χ2v) is 8.37. The number of phenolic OH excluding ortho intramolecular Hbond substituents is 1. The maximum atomic E-state index is 13.2. The molecule has 2 aliphatic rings. The molecule has 7 heteroatoms. The molecule has 0 bridgehead atoms. The molecular weight excluding hydrogens is 446 g/mol. The summed E-state index contributed by atoms with van der Waals surface area (Å²) in [5.74, 6) is 0.165. The molecule has 3 heterocycles. The van der Waals surface area contributed by atoms with Crippen molar-refractivity contribution in [3.63, 3.8) is 0 Å². The number of aromatic nitrogens is 1. The third kappa shape index (κ3) is 3.40. The number of phenols is 1. The smallest absolute Gasteiger partial charge is 0.312 e. The van der Waals surface area contributed by atoms with Crippen LogP contribution < -0.4 is 14.2 Å². The molecule has 2 aliphatic heterocycles. The highest BCUT2D eigenvalue weighted by Crippen LogP contribution is 2.49. The first-order chi connectivity index (χ1) is 17.0. The molecule has 4 aromatic rings. The molecule has 0 amide bonds. The summed E-state index contributed by atoms with van der Waals surface area (Å²) in [6.07, 6.45) is 3.40. The Labute approximate surface area is 200 Å². The zero-order valence-electron chi connectivity index (χ0n) is 18.6. The number of benzene rings is 3. The van der Waals surface area contributed by atoms with Gasteiger partial charge in [0.15, 0.2) is 17.3 Å². The topological polar surface area (TPSA) is 95.0 Å². The third-order valence-electron chi connectivity index (χ3n) is 6.34. The summed E-state index contributed by atoms with van der Waals surface area (Å²) in [7, 11) is 1.46. The van der Waals surface area contributed by atoms with Gasteiger partial charge in [0.05, 0.1) is 24.6 Å². The molecule has 172 valence electrons. The molecule has 6 rings (SSSR count). The van der Waals surface area contributed by atoms with Crippen molar-refractivity contribution >= 4 is 28.7 Å². The number of pyridine rings is 1. The highest BCUT2D eigenvalue weighted by atomic mass is 16.5. The van der Waals surface area contributed by atoms with Crippen molar-refractivity contribution in [1.82, 2.24) is 4.98 Å². The van der Waals surface area contributed by atoms with Crippen LogP contribution in [0.25, 0.3) is 17.0 Å². The maximum absolute atomic E-state index is 13.2. The summed E-state index contributed by atoms with van der Waals surface area (Å²) in [5.41, 5.74) is 3.36. The van der Waals surface area contributed by atoms with E-state index in [-0.39, 0.29) is 35.6 Å². The number of Topliss-reactive ketones (excluding diaryl/α,β-unsaturated/α-hetero) is 1. The molecule has 0 saturated carbocycles. The van der Waals surface area contributed by atoms with Gasteiger partial charge in [0, 0.05) is 23.1 Å². The predicted molar refractivity (Wildman–Crippen MR) is 128 cm³/mol. The zero-order valence-corrected chi connectivity index (χ0v) is 18.6. The Morgan fingerprint density at radius 2 is 1.91 bits per heavy atom. The molecular formula is C28H19NO6. The number of carbonyl (C=O) groups excluding carboxylic acids is 2. The number of ether oxygens (including phenoxy) is 3. The fourth-order valence-electron chi connectivity index (χ4n) is 4.74. The van der Waals surface area contributed by atoms with Crippen LogP contribution in [0.3, 0.4) is 0 Å². The number of rotatable bonds is 3. The molecule has 1 N–H and O–H groups in total. The number of aromatic hydroxyl groups is 1. The fraction of sp³-hybridized carbons (Fsp3) is 0.107. The van der Waals surface area contributed by atoms with Gasteiger partial charge in [-0.25, -0.2) is 0 Å². The number of methoxy groups -OCH3 is 1. The number of ketones is 1. The molecule has 0 aliphatic carbocycles. The SMILES string of the molecule is COc1ccc(/C=C2/Oc3c(ccc4c3C(c3ccnc5ccccc35)CC(=O)O4)C2=O)cc1O. The van der Waals surface area contributed by atoms with Gasteiger partial charge in [-0.15, -0.1) is 0 Å². The molecule has 3 aromatic carbocycles. The van der Waals surface area contributed by atoms with Crippen molar-refractivity contribution in [3.05, 3.63) is 94.9 Å². The Kier molecular flexibility index (Phi) is 4.77. The van der Waals surface area contributed by atoms with E-state index in [0.29, 0.717) is 33.9 Å². The first-order valence-electron chi connectivity index (χ1n) is 11.1. The molecule has 7 nitrogen and oxygen atoms in total. The van der Waals surface area contributed by atoms with Crippen molar-refractivity contribution in [1.29, 1.82) is 0 Å². The minimum Gasteiger partial charge on any atom is -0.504 e. The lowest BCUT2D eigenvalue weighted by atomic mass is 9.83. The molecule has 0 saturated heterocycles. The van der Waals surface area contributed by atoms with E-state index in [0.717, 1.165) is 16.5 Å². The molecule has 1 unspecified atom stereocenters. The Balaban J connectivity index is 1.48. The minimum absolute atomic E-state index is 0.0428. The van der Waals surface area contributed by atoms with E-state index in [1.54, 1.807) is 36.5 Å². The van der Waals surface area contributed by atoms with Gasteiger partial charge in [-0.1, -0.05) is 24.3 Å². The van der Waals surface area contributed by atoms with Crippen LogP contribution in [0.2, 0.25) is 0 Å². The summed E-state index contributed by atoms with van der Waals surface area (Å²) in [6, 6.07) is 17.7. The maximum Gasteiger partial charge on any atom is 0.312 e. The van der Waals surface area contributed by atoms with E-state index < -0.39 is 0 Å². The highest BCUT2D eigenvalue weighted by molar-refractivity contribution is 6.15. The van der Waals surface area contributed by atoms with Crippen LogP contribution in [0.5, 0.6) is 23.0 Å². The number of hydrogen-bond donors (Lipinski definition) is 1. The van der Waals surface area contributed by atoms with E-state index in [2.05, 4.69) is 4.98 Å². The standard InChI is InChI=1S/C28H19NO6/c1-33-22-8-6-15(12-21(22)30)13-24-27(32)18-7-9-23-26(28(18)35-24)19(14-25(31)34-23)16-10-11-29-20-5-3-2-4-17(16)20/h2-13,19,30H,14H2,1H3/b24-13+. The van der Waals surface area contributed by atoms with Gasteiger partial charge in [-0.3, -0.25) is 14.6 Å². The van der Waals surface area contributed by atoms with Crippen LogP contribution in [-0.2, 0) is 4.79 Å².